The van der Waals surface area contributed by atoms with E-state index in [2.05, 4.69) is 0 Å². The Balaban J connectivity index is 1.94. The van der Waals surface area contributed by atoms with Crippen molar-refractivity contribution in [3.63, 3.8) is 0 Å². The summed E-state index contributed by atoms with van der Waals surface area (Å²) in [4.78, 5) is 0.373. The highest BCUT2D eigenvalue weighted by Gasteiger charge is 2.26. The second-order valence-electron chi connectivity index (χ2n) is 5.79. The van der Waals surface area contributed by atoms with E-state index in [-0.39, 0.29) is 5.75 Å². The van der Waals surface area contributed by atoms with Crippen molar-refractivity contribution >= 4 is 9.84 Å². The van der Waals surface area contributed by atoms with Crippen LogP contribution in [0.15, 0.2) is 29.2 Å². The molecule has 1 aromatic carbocycles. The summed E-state index contributed by atoms with van der Waals surface area (Å²) in [5, 5.41) is 0. The predicted molar refractivity (Wildman–Crippen MR) is 84.2 cm³/mol. The standard InChI is InChI=1S/C16H25NO3S/c1-2-10-21(18,19)16-8-6-15(7-9-16)20-12-14-5-3-4-13(14)11-17/h6-9,13-14H,2-5,10-12,17H2,1H3. The minimum Gasteiger partial charge on any atom is -0.493 e. The lowest BCUT2D eigenvalue weighted by molar-refractivity contribution is 0.217. The largest absolute Gasteiger partial charge is 0.493 e. The van der Waals surface area contributed by atoms with Gasteiger partial charge in [0.25, 0.3) is 0 Å². The third kappa shape index (κ3) is 4.20. The number of hydrogen-bond donors (Lipinski definition) is 1. The van der Waals surface area contributed by atoms with Crippen molar-refractivity contribution in [2.75, 3.05) is 18.9 Å². The van der Waals surface area contributed by atoms with Gasteiger partial charge in [-0.3, -0.25) is 0 Å². The van der Waals surface area contributed by atoms with Gasteiger partial charge in [0.05, 0.1) is 17.3 Å². The van der Waals surface area contributed by atoms with Crippen molar-refractivity contribution in [2.45, 2.75) is 37.5 Å². The third-order valence-electron chi connectivity index (χ3n) is 4.24. The highest BCUT2D eigenvalue weighted by molar-refractivity contribution is 7.91. The molecule has 4 nitrogen and oxygen atoms in total. The van der Waals surface area contributed by atoms with E-state index in [9.17, 15) is 8.42 Å². The van der Waals surface area contributed by atoms with Crippen molar-refractivity contribution in [2.24, 2.45) is 17.6 Å². The number of hydrogen-bond acceptors (Lipinski definition) is 4. The normalized spacial score (nSPS) is 22.4. The maximum atomic E-state index is 11.9. The monoisotopic (exact) mass is 311 g/mol. The van der Waals surface area contributed by atoms with Gasteiger partial charge in [0.1, 0.15) is 5.75 Å². The zero-order valence-corrected chi connectivity index (χ0v) is 13.4. The van der Waals surface area contributed by atoms with Crippen LogP contribution in [0.4, 0.5) is 0 Å². The van der Waals surface area contributed by atoms with Gasteiger partial charge in [-0.25, -0.2) is 8.42 Å². The Morgan fingerprint density at radius 3 is 2.48 bits per heavy atom. The van der Waals surface area contributed by atoms with E-state index in [4.69, 9.17) is 10.5 Å². The summed E-state index contributed by atoms with van der Waals surface area (Å²) in [6, 6.07) is 6.76. The first-order valence-corrected chi connectivity index (χ1v) is 9.37. The van der Waals surface area contributed by atoms with Gasteiger partial charge in [-0.15, -0.1) is 0 Å². The van der Waals surface area contributed by atoms with Crippen LogP contribution in [-0.2, 0) is 9.84 Å². The van der Waals surface area contributed by atoms with Crippen molar-refractivity contribution in [3.05, 3.63) is 24.3 Å². The van der Waals surface area contributed by atoms with Gasteiger partial charge in [0.15, 0.2) is 9.84 Å². The van der Waals surface area contributed by atoms with Crippen LogP contribution in [0.2, 0.25) is 0 Å². The highest BCUT2D eigenvalue weighted by Crippen LogP contribution is 2.31. The Morgan fingerprint density at radius 2 is 1.86 bits per heavy atom. The molecule has 1 aliphatic rings. The summed E-state index contributed by atoms with van der Waals surface area (Å²) >= 11 is 0. The fraction of sp³-hybridized carbons (Fsp3) is 0.625. The van der Waals surface area contributed by atoms with E-state index in [0.29, 0.717) is 29.8 Å². The third-order valence-corrected chi connectivity index (χ3v) is 6.18. The smallest absolute Gasteiger partial charge is 0.178 e. The van der Waals surface area contributed by atoms with Crippen LogP contribution in [0.3, 0.4) is 0 Å². The van der Waals surface area contributed by atoms with Crippen LogP contribution in [0.5, 0.6) is 5.75 Å². The fourth-order valence-electron chi connectivity index (χ4n) is 2.98. The predicted octanol–water partition coefficient (Wildman–Crippen LogP) is 2.62. The summed E-state index contributed by atoms with van der Waals surface area (Å²) < 4.78 is 29.7. The molecule has 1 saturated carbocycles. The molecule has 1 aliphatic carbocycles. The Kier molecular flexibility index (Phi) is 5.65. The molecule has 0 radical (unpaired) electrons. The SMILES string of the molecule is CCCS(=O)(=O)c1ccc(OCC2CCCC2CN)cc1. The topological polar surface area (TPSA) is 69.4 Å². The van der Waals surface area contributed by atoms with Gasteiger partial charge in [-0.05, 0) is 61.9 Å². The zero-order valence-electron chi connectivity index (χ0n) is 12.6. The molecule has 0 saturated heterocycles. The van der Waals surface area contributed by atoms with Crippen LogP contribution >= 0.6 is 0 Å². The number of sulfone groups is 1. The zero-order chi connectivity index (χ0) is 15.3. The maximum Gasteiger partial charge on any atom is 0.178 e. The molecule has 118 valence electrons. The first kappa shape index (κ1) is 16.3. The number of nitrogens with two attached hydrogens (primary N) is 1. The van der Waals surface area contributed by atoms with Crippen LogP contribution in [0.25, 0.3) is 0 Å². The molecular formula is C16H25NO3S. The molecule has 2 atom stereocenters. The molecule has 0 heterocycles. The summed E-state index contributed by atoms with van der Waals surface area (Å²) in [6.45, 7) is 3.26. The summed E-state index contributed by atoms with van der Waals surface area (Å²) in [6.07, 6.45) is 4.22. The number of rotatable bonds is 7. The lowest BCUT2D eigenvalue weighted by atomic mass is 9.97. The molecule has 0 amide bonds. The highest BCUT2D eigenvalue weighted by atomic mass is 32.2. The van der Waals surface area contributed by atoms with Gasteiger partial charge in [-0.2, -0.15) is 0 Å². The molecule has 0 bridgehead atoms. The van der Waals surface area contributed by atoms with Gasteiger partial charge >= 0.3 is 0 Å². The summed E-state index contributed by atoms with van der Waals surface area (Å²) in [5.74, 6) is 2.01. The molecule has 0 aromatic heterocycles. The van der Waals surface area contributed by atoms with Crippen molar-refractivity contribution in [3.8, 4) is 5.75 Å². The molecule has 21 heavy (non-hydrogen) atoms. The minimum absolute atomic E-state index is 0.188. The molecule has 0 spiro atoms. The van der Waals surface area contributed by atoms with Crippen LogP contribution in [0, 0.1) is 11.8 Å². The Bertz CT molecular complexity index is 539. The van der Waals surface area contributed by atoms with E-state index in [0.717, 1.165) is 12.3 Å². The van der Waals surface area contributed by atoms with Crippen LogP contribution in [-0.4, -0.2) is 27.3 Å². The lowest BCUT2D eigenvalue weighted by Gasteiger charge is -2.18. The van der Waals surface area contributed by atoms with Crippen LogP contribution < -0.4 is 10.5 Å². The molecular weight excluding hydrogens is 286 g/mol. The fourth-order valence-corrected chi connectivity index (χ4v) is 4.30. The van der Waals surface area contributed by atoms with Crippen LogP contribution in [0.1, 0.15) is 32.6 Å². The van der Waals surface area contributed by atoms with Gasteiger partial charge in [0, 0.05) is 0 Å². The molecule has 2 unspecified atom stereocenters. The molecule has 1 fully saturated rings. The molecule has 0 aliphatic heterocycles. The van der Waals surface area contributed by atoms with E-state index < -0.39 is 9.84 Å². The second kappa shape index (κ2) is 7.27. The van der Waals surface area contributed by atoms with Gasteiger partial charge in [-0.1, -0.05) is 13.3 Å². The minimum atomic E-state index is -3.14. The second-order valence-corrected chi connectivity index (χ2v) is 7.90. The van der Waals surface area contributed by atoms with E-state index >= 15 is 0 Å². The quantitative estimate of drug-likeness (QED) is 0.840. The molecule has 2 N–H and O–H groups in total. The van der Waals surface area contributed by atoms with E-state index in [1.54, 1.807) is 24.3 Å². The summed E-state index contributed by atoms with van der Waals surface area (Å²) in [5.41, 5.74) is 5.77. The summed E-state index contributed by atoms with van der Waals surface area (Å²) in [7, 11) is -3.14. The molecule has 1 aromatic rings. The maximum absolute atomic E-state index is 11.9. The lowest BCUT2D eigenvalue weighted by Crippen LogP contribution is -2.23. The Morgan fingerprint density at radius 1 is 1.19 bits per heavy atom. The number of ether oxygens (including phenoxy) is 1. The molecule has 2 rings (SSSR count). The number of benzene rings is 1. The van der Waals surface area contributed by atoms with Crippen molar-refractivity contribution in [1.82, 2.24) is 0 Å². The van der Waals surface area contributed by atoms with Crippen molar-refractivity contribution in [1.29, 1.82) is 0 Å². The van der Waals surface area contributed by atoms with Crippen molar-refractivity contribution < 1.29 is 13.2 Å². The van der Waals surface area contributed by atoms with E-state index in [1.807, 2.05) is 6.92 Å². The Hall–Kier alpha value is -1.07. The van der Waals surface area contributed by atoms with Gasteiger partial charge < -0.3 is 10.5 Å². The Labute approximate surface area is 127 Å². The molecule has 5 heteroatoms. The van der Waals surface area contributed by atoms with E-state index in [1.165, 1.54) is 19.3 Å². The average molecular weight is 311 g/mol. The first-order valence-electron chi connectivity index (χ1n) is 7.72. The van der Waals surface area contributed by atoms with Gasteiger partial charge in [0.2, 0.25) is 0 Å². The average Bonchev–Trinajstić information content (AvgIpc) is 2.93. The first-order chi connectivity index (χ1) is 10.1.